The molecule has 0 aliphatic rings. The van der Waals surface area contributed by atoms with Gasteiger partial charge in [-0.3, -0.25) is 4.98 Å². The number of carbonyl (C=O) groups excluding carboxylic acids is 1. The quantitative estimate of drug-likeness (QED) is 0.653. The van der Waals surface area contributed by atoms with Crippen LogP contribution in [0.1, 0.15) is 41.9 Å². The van der Waals surface area contributed by atoms with Gasteiger partial charge in [-0.15, -0.1) is 0 Å². The summed E-state index contributed by atoms with van der Waals surface area (Å²) in [6.07, 6.45) is 1.02. The van der Waals surface area contributed by atoms with Crippen LogP contribution in [0.25, 0.3) is 11.1 Å². The molecule has 0 radical (unpaired) electrons. The standard InChI is InChI=1S/C18H20F2N2O2/c1-4-18(19,20)15-7-6-12(10-22-15)16-11(3)8-13(21)9-14(16)17(23)24-5-2/h6-10H,4-5,21H2,1-3H3. The number of nitrogens with zero attached hydrogens (tertiary/aromatic N) is 1. The number of ether oxygens (including phenoxy) is 1. The minimum atomic E-state index is -2.97. The fourth-order valence-electron chi connectivity index (χ4n) is 2.51. The molecule has 0 atom stereocenters. The van der Waals surface area contributed by atoms with Gasteiger partial charge in [0.2, 0.25) is 0 Å². The first-order valence-corrected chi connectivity index (χ1v) is 7.72. The predicted molar refractivity (Wildman–Crippen MR) is 89.0 cm³/mol. The lowest BCUT2D eigenvalue weighted by Crippen LogP contribution is -2.13. The second-order valence-electron chi connectivity index (χ2n) is 5.47. The zero-order chi connectivity index (χ0) is 17.9. The number of hydrogen-bond donors (Lipinski definition) is 1. The number of nitrogen functional groups attached to an aromatic ring is 1. The van der Waals surface area contributed by atoms with E-state index in [0.717, 1.165) is 5.56 Å². The van der Waals surface area contributed by atoms with Crippen molar-refractivity contribution in [2.45, 2.75) is 33.1 Å². The molecule has 0 bridgehead atoms. The van der Waals surface area contributed by atoms with Gasteiger partial charge < -0.3 is 10.5 Å². The van der Waals surface area contributed by atoms with Crippen molar-refractivity contribution in [3.63, 3.8) is 0 Å². The average Bonchev–Trinajstić information content (AvgIpc) is 2.54. The molecule has 1 heterocycles. The van der Waals surface area contributed by atoms with E-state index in [1.54, 1.807) is 19.9 Å². The van der Waals surface area contributed by atoms with Crippen LogP contribution in [0.3, 0.4) is 0 Å². The predicted octanol–water partition coefficient (Wildman–Crippen LogP) is 4.32. The molecule has 2 N–H and O–H groups in total. The topological polar surface area (TPSA) is 65.2 Å². The van der Waals surface area contributed by atoms with Gasteiger partial charge in [0.15, 0.2) is 0 Å². The van der Waals surface area contributed by atoms with E-state index in [-0.39, 0.29) is 18.7 Å². The number of nitrogens with two attached hydrogens (primary N) is 1. The van der Waals surface area contributed by atoms with Crippen molar-refractivity contribution in [1.29, 1.82) is 0 Å². The molecule has 0 saturated heterocycles. The highest BCUT2D eigenvalue weighted by Gasteiger charge is 2.30. The minimum Gasteiger partial charge on any atom is -0.462 e. The lowest BCUT2D eigenvalue weighted by atomic mass is 9.95. The number of pyridine rings is 1. The van der Waals surface area contributed by atoms with Crippen LogP contribution in [-0.4, -0.2) is 17.6 Å². The fraction of sp³-hybridized carbons (Fsp3) is 0.333. The first-order chi connectivity index (χ1) is 11.3. The maximum atomic E-state index is 13.7. The van der Waals surface area contributed by atoms with Gasteiger partial charge in [-0.2, -0.15) is 8.78 Å². The van der Waals surface area contributed by atoms with Crippen LogP contribution in [0, 0.1) is 6.92 Å². The van der Waals surface area contributed by atoms with E-state index in [9.17, 15) is 13.6 Å². The summed E-state index contributed by atoms with van der Waals surface area (Å²) in [7, 11) is 0. The monoisotopic (exact) mass is 334 g/mol. The van der Waals surface area contributed by atoms with Crippen molar-refractivity contribution in [3.05, 3.63) is 47.3 Å². The van der Waals surface area contributed by atoms with Crippen molar-refractivity contribution in [2.75, 3.05) is 12.3 Å². The first-order valence-electron chi connectivity index (χ1n) is 7.72. The maximum Gasteiger partial charge on any atom is 0.338 e. The van der Waals surface area contributed by atoms with Crippen molar-refractivity contribution >= 4 is 11.7 Å². The Bertz CT molecular complexity index is 743. The zero-order valence-electron chi connectivity index (χ0n) is 13.9. The number of benzene rings is 1. The number of alkyl halides is 2. The summed E-state index contributed by atoms with van der Waals surface area (Å²) in [5, 5.41) is 0. The van der Waals surface area contributed by atoms with Crippen LogP contribution < -0.4 is 5.73 Å². The Labute approximate surface area is 139 Å². The van der Waals surface area contributed by atoms with Gasteiger partial charge in [0.05, 0.1) is 12.2 Å². The summed E-state index contributed by atoms with van der Waals surface area (Å²) in [5.41, 5.74) is 8.15. The van der Waals surface area contributed by atoms with Gasteiger partial charge in [0.1, 0.15) is 5.69 Å². The third-order valence-electron chi connectivity index (χ3n) is 3.72. The van der Waals surface area contributed by atoms with E-state index in [1.165, 1.54) is 31.3 Å². The van der Waals surface area contributed by atoms with Crippen molar-refractivity contribution < 1.29 is 18.3 Å². The highest BCUT2D eigenvalue weighted by atomic mass is 19.3. The summed E-state index contributed by atoms with van der Waals surface area (Å²) in [6, 6.07) is 6.05. The molecule has 0 unspecified atom stereocenters. The van der Waals surface area contributed by atoms with Crippen LogP contribution in [0.5, 0.6) is 0 Å². The Balaban J connectivity index is 2.54. The number of anilines is 1. The molecule has 6 heteroatoms. The third kappa shape index (κ3) is 3.53. The maximum absolute atomic E-state index is 13.7. The molecule has 24 heavy (non-hydrogen) atoms. The number of rotatable bonds is 5. The van der Waals surface area contributed by atoms with Gasteiger partial charge in [-0.1, -0.05) is 13.0 Å². The molecule has 4 nitrogen and oxygen atoms in total. The van der Waals surface area contributed by atoms with Crippen LogP contribution in [0.2, 0.25) is 0 Å². The number of aryl methyl sites for hydroxylation is 1. The molecule has 0 amide bonds. The van der Waals surface area contributed by atoms with E-state index in [2.05, 4.69) is 4.98 Å². The molecule has 1 aromatic heterocycles. The smallest absolute Gasteiger partial charge is 0.338 e. The van der Waals surface area contributed by atoms with E-state index in [4.69, 9.17) is 10.5 Å². The summed E-state index contributed by atoms with van der Waals surface area (Å²) < 4.78 is 32.5. The number of aromatic nitrogens is 1. The van der Waals surface area contributed by atoms with Gasteiger partial charge in [0, 0.05) is 29.4 Å². The lowest BCUT2D eigenvalue weighted by Gasteiger charge is -2.16. The molecule has 0 spiro atoms. The highest BCUT2D eigenvalue weighted by molar-refractivity contribution is 5.99. The summed E-state index contributed by atoms with van der Waals surface area (Å²) in [4.78, 5) is 16.1. The molecular formula is C18H20F2N2O2. The first kappa shape index (κ1) is 17.8. The summed E-state index contributed by atoms with van der Waals surface area (Å²) >= 11 is 0. The van der Waals surface area contributed by atoms with E-state index >= 15 is 0 Å². The van der Waals surface area contributed by atoms with Gasteiger partial charge >= 0.3 is 5.97 Å². The molecular weight excluding hydrogens is 314 g/mol. The second-order valence-corrected chi connectivity index (χ2v) is 5.47. The lowest BCUT2D eigenvalue weighted by molar-refractivity contribution is -0.0127. The Morgan fingerprint density at radius 3 is 2.54 bits per heavy atom. The molecule has 0 saturated carbocycles. The largest absolute Gasteiger partial charge is 0.462 e. The van der Waals surface area contributed by atoms with E-state index < -0.39 is 11.9 Å². The van der Waals surface area contributed by atoms with Crippen LogP contribution in [0.15, 0.2) is 30.5 Å². The van der Waals surface area contributed by atoms with Crippen molar-refractivity contribution in [2.24, 2.45) is 0 Å². The summed E-state index contributed by atoms with van der Waals surface area (Å²) in [5.74, 6) is -3.48. The van der Waals surface area contributed by atoms with Crippen molar-refractivity contribution in [1.82, 2.24) is 4.98 Å². The Morgan fingerprint density at radius 1 is 1.29 bits per heavy atom. The van der Waals surface area contributed by atoms with Crippen LogP contribution >= 0.6 is 0 Å². The summed E-state index contributed by atoms with van der Waals surface area (Å²) in [6.45, 7) is 5.13. The van der Waals surface area contributed by atoms with Gasteiger partial charge in [-0.25, -0.2) is 4.79 Å². The molecule has 0 fully saturated rings. The van der Waals surface area contributed by atoms with E-state index in [1.807, 2.05) is 0 Å². The second kappa shape index (κ2) is 6.95. The number of esters is 1. The number of halogens is 2. The minimum absolute atomic E-state index is 0.228. The molecule has 0 aliphatic carbocycles. The third-order valence-corrected chi connectivity index (χ3v) is 3.72. The highest BCUT2D eigenvalue weighted by Crippen LogP contribution is 2.33. The Morgan fingerprint density at radius 2 is 2.00 bits per heavy atom. The molecule has 2 rings (SSSR count). The van der Waals surface area contributed by atoms with E-state index in [0.29, 0.717) is 22.4 Å². The molecule has 2 aromatic rings. The van der Waals surface area contributed by atoms with Gasteiger partial charge in [0.25, 0.3) is 5.92 Å². The number of hydrogen-bond acceptors (Lipinski definition) is 4. The fourth-order valence-corrected chi connectivity index (χ4v) is 2.51. The normalized spacial score (nSPS) is 11.4. The number of carbonyl (C=O) groups is 1. The Kier molecular flexibility index (Phi) is 5.17. The van der Waals surface area contributed by atoms with Crippen LogP contribution in [0.4, 0.5) is 14.5 Å². The van der Waals surface area contributed by atoms with Crippen LogP contribution in [-0.2, 0) is 10.7 Å². The SMILES string of the molecule is CCOC(=O)c1cc(N)cc(C)c1-c1ccc(C(F)(F)CC)nc1. The van der Waals surface area contributed by atoms with Gasteiger partial charge in [-0.05, 0) is 37.6 Å². The van der Waals surface area contributed by atoms with Crippen molar-refractivity contribution in [3.8, 4) is 11.1 Å². The molecule has 1 aromatic carbocycles. The molecule has 128 valence electrons. The molecule has 0 aliphatic heterocycles. The zero-order valence-corrected chi connectivity index (χ0v) is 13.9. The Hall–Kier alpha value is -2.50. The average molecular weight is 334 g/mol.